The highest BCUT2D eigenvalue weighted by Gasteiger charge is 2.40. The highest BCUT2D eigenvalue weighted by atomic mass is 35.5. The van der Waals surface area contributed by atoms with Crippen LogP contribution < -0.4 is 11.1 Å². The highest BCUT2D eigenvalue weighted by molar-refractivity contribution is 7.13. The van der Waals surface area contributed by atoms with Gasteiger partial charge in [-0.25, -0.2) is 0 Å². The molecule has 0 unspecified atom stereocenters. The summed E-state index contributed by atoms with van der Waals surface area (Å²) >= 11 is 1.50. The molecule has 140 valence electrons. The van der Waals surface area contributed by atoms with E-state index in [9.17, 15) is 9.59 Å². The van der Waals surface area contributed by atoms with Gasteiger partial charge in [-0.05, 0) is 44.7 Å². The van der Waals surface area contributed by atoms with Crippen molar-refractivity contribution in [3.63, 3.8) is 0 Å². The molecule has 2 amide bonds. The largest absolute Gasteiger partial charge is 0.381 e. The summed E-state index contributed by atoms with van der Waals surface area (Å²) in [5, 5.41) is 3.08. The van der Waals surface area contributed by atoms with Crippen molar-refractivity contribution in [3.05, 3.63) is 21.9 Å². The fraction of sp³-hybridized carbons (Fsp3) is 0.647. The molecule has 3 heterocycles. The van der Waals surface area contributed by atoms with E-state index < -0.39 is 5.54 Å². The minimum atomic E-state index is -0.775. The summed E-state index contributed by atoms with van der Waals surface area (Å²) in [6.45, 7) is 4.38. The van der Waals surface area contributed by atoms with Crippen LogP contribution in [-0.2, 0) is 9.53 Å². The van der Waals surface area contributed by atoms with Crippen molar-refractivity contribution in [2.75, 3.05) is 26.3 Å². The van der Waals surface area contributed by atoms with Crippen molar-refractivity contribution in [1.29, 1.82) is 0 Å². The Morgan fingerprint density at radius 2 is 1.92 bits per heavy atom. The molecule has 2 fully saturated rings. The number of nitrogens with two attached hydrogens (primary N) is 1. The number of hydrogen-bond donors (Lipinski definition) is 2. The lowest BCUT2D eigenvalue weighted by atomic mass is 9.88. The Morgan fingerprint density at radius 1 is 1.28 bits per heavy atom. The maximum Gasteiger partial charge on any atom is 0.261 e. The molecule has 2 saturated heterocycles. The second kappa shape index (κ2) is 8.49. The number of aryl methyl sites for hydroxylation is 1. The van der Waals surface area contributed by atoms with Crippen molar-refractivity contribution in [1.82, 2.24) is 10.2 Å². The van der Waals surface area contributed by atoms with E-state index in [1.807, 2.05) is 24.0 Å². The van der Waals surface area contributed by atoms with E-state index in [1.165, 1.54) is 11.3 Å². The van der Waals surface area contributed by atoms with Gasteiger partial charge in [0, 0.05) is 37.2 Å². The van der Waals surface area contributed by atoms with E-state index >= 15 is 0 Å². The third-order valence-corrected chi connectivity index (χ3v) is 5.89. The molecule has 0 saturated carbocycles. The van der Waals surface area contributed by atoms with Gasteiger partial charge in [-0.2, -0.15) is 0 Å². The van der Waals surface area contributed by atoms with Crippen molar-refractivity contribution in [3.8, 4) is 0 Å². The van der Waals surface area contributed by atoms with Crippen LogP contribution in [-0.4, -0.2) is 54.6 Å². The zero-order valence-corrected chi connectivity index (χ0v) is 16.1. The molecule has 0 aromatic carbocycles. The molecule has 2 aliphatic rings. The fourth-order valence-electron chi connectivity index (χ4n) is 3.30. The molecule has 0 bridgehead atoms. The minimum Gasteiger partial charge on any atom is -0.381 e. The highest BCUT2D eigenvalue weighted by Crippen LogP contribution is 2.23. The van der Waals surface area contributed by atoms with Crippen molar-refractivity contribution < 1.29 is 14.3 Å². The summed E-state index contributed by atoms with van der Waals surface area (Å²) in [4.78, 5) is 28.6. The molecule has 0 aliphatic carbocycles. The number of halogens is 1. The number of hydrogen-bond acceptors (Lipinski definition) is 5. The Bertz CT molecular complexity index is 608. The Kier molecular flexibility index (Phi) is 6.85. The predicted octanol–water partition coefficient (Wildman–Crippen LogP) is 1.71. The van der Waals surface area contributed by atoms with Gasteiger partial charge in [-0.3, -0.25) is 9.59 Å². The third kappa shape index (κ3) is 4.73. The van der Waals surface area contributed by atoms with E-state index in [4.69, 9.17) is 10.5 Å². The van der Waals surface area contributed by atoms with Crippen LogP contribution in [0.1, 0.15) is 40.2 Å². The number of carbonyl (C=O) groups is 2. The summed E-state index contributed by atoms with van der Waals surface area (Å²) in [7, 11) is 0. The van der Waals surface area contributed by atoms with Gasteiger partial charge in [0.25, 0.3) is 5.91 Å². The van der Waals surface area contributed by atoms with Gasteiger partial charge in [-0.15, -0.1) is 23.7 Å². The Morgan fingerprint density at radius 3 is 2.48 bits per heavy atom. The smallest absolute Gasteiger partial charge is 0.261 e. The van der Waals surface area contributed by atoms with Crippen LogP contribution in [0.2, 0.25) is 0 Å². The standard InChI is InChI=1S/C17H25N3O3S.ClH/c1-12-2-3-14(24-12)15(21)19-13-4-8-20(9-5-13)16(22)17(18)6-10-23-11-7-17;/h2-3,13H,4-11,18H2,1H3,(H,19,21);1H. The normalized spacial score (nSPS) is 20.6. The molecule has 0 spiro atoms. The van der Waals surface area contributed by atoms with Gasteiger partial charge < -0.3 is 20.7 Å². The van der Waals surface area contributed by atoms with Gasteiger partial charge in [0.1, 0.15) is 0 Å². The maximum atomic E-state index is 12.7. The summed E-state index contributed by atoms with van der Waals surface area (Å²) in [5.41, 5.74) is 5.51. The first kappa shape index (κ1) is 20.2. The molecule has 6 nitrogen and oxygen atoms in total. The van der Waals surface area contributed by atoms with Crippen LogP contribution in [0.5, 0.6) is 0 Å². The molecule has 2 aliphatic heterocycles. The topological polar surface area (TPSA) is 84.7 Å². The van der Waals surface area contributed by atoms with Crippen LogP contribution >= 0.6 is 23.7 Å². The Labute approximate surface area is 158 Å². The number of thiophene rings is 1. The van der Waals surface area contributed by atoms with E-state index in [0.717, 1.165) is 22.6 Å². The first-order valence-electron chi connectivity index (χ1n) is 8.51. The Balaban J connectivity index is 0.00000225. The predicted molar refractivity (Wildman–Crippen MR) is 100 cm³/mol. The average molecular weight is 388 g/mol. The van der Waals surface area contributed by atoms with E-state index in [0.29, 0.717) is 39.1 Å². The second-order valence-electron chi connectivity index (χ2n) is 6.72. The molecule has 1 aromatic heterocycles. The zero-order chi connectivity index (χ0) is 17.2. The zero-order valence-electron chi connectivity index (χ0n) is 14.5. The number of amides is 2. The molecule has 8 heteroatoms. The fourth-order valence-corrected chi connectivity index (χ4v) is 4.08. The number of likely N-dealkylation sites (tertiary alicyclic amines) is 1. The monoisotopic (exact) mass is 387 g/mol. The molecule has 3 N–H and O–H groups in total. The third-order valence-electron chi connectivity index (χ3n) is 4.89. The van der Waals surface area contributed by atoms with Gasteiger partial charge in [0.2, 0.25) is 5.91 Å². The number of rotatable bonds is 3. The van der Waals surface area contributed by atoms with E-state index in [1.54, 1.807) is 0 Å². The number of nitrogens with zero attached hydrogens (tertiary/aromatic N) is 1. The van der Waals surface area contributed by atoms with Gasteiger partial charge in [0.05, 0.1) is 10.4 Å². The summed E-state index contributed by atoms with van der Waals surface area (Å²) in [6, 6.07) is 3.93. The summed E-state index contributed by atoms with van der Waals surface area (Å²) < 4.78 is 5.31. The molecule has 0 atom stereocenters. The van der Waals surface area contributed by atoms with Crippen LogP contribution in [0.25, 0.3) is 0 Å². The van der Waals surface area contributed by atoms with Crippen molar-refractivity contribution in [2.45, 2.75) is 44.2 Å². The van der Waals surface area contributed by atoms with Gasteiger partial charge in [-0.1, -0.05) is 0 Å². The molecule has 0 radical (unpaired) electrons. The maximum absolute atomic E-state index is 12.7. The second-order valence-corrected chi connectivity index (χ2v) is 8.01. The lowest BCUT2D eigenvalue weighted by Gasteiger charge is -2.40. The lowest BCUT2D eigenvalue weighted by molar-refractivity contribution is -0.141. The quantitative estimate of drug-likeness (QED) is 0.826. The van der Waals surface area contributed by atoms with Crippen molar-refractivity contribution >= 4 is 35.6 Å². The first-order valence-corrected chi connectivity index (χ1v) is 9.33. The number of ether oxygens (including phenoxy) is 1. The molecular weight excluding hydrogens is 362 g/mol. The SMILES string of the molecule is Cc1ccc(C(=O)NC2CCN(C(=O)C3(N)CCOCC3)CC2)s1.Cl. The number of nitrogens with one attached hydrogen (secondary N) is 1. The van der Waals surface area contributed by atoms with Crippen LogP contribution in [0.4, 0.5) is 0 Å². The van der Waals surface area contributed by atoms with Crippen molar-refractivity contribution in [2.24, 2.45) is 5.73 Å². The van der Waals surface area contributed by atoms with Crippen LogP contribution in [0.3, 0.4) is 0 Å². The first-order chi connectivity index (χ1) is 11.5. The van der Waals surface area contributed by atoms with Crippen LogP contribution in [0, 0.1) is 6.92 Å². The van der Waals surface area contributed by atoms with Crippen LogP contribution in [0.15, 0.2) is 12.1 Å². The molecule has 3 rings (SSSR count). The molecule has 25 heavy (non-hydrogen) atoms. The summed E-state index contributed by atoms with van der Waals surface area (Å²) in [6.07, 6.45) is 2.71. The minimum absolute atomic E-state index is 0. The van der Waals surface area contributed by atoms with Gasteiger partial charge in [0.15, 0.2) is 0 Å². The summed E-state index contributed by atoms with van der Waals surface area (Å²) in [5.74, 6) is 0.0158. The van der Waals surface area contributed by atoms with Gasteiger partial charge >= 0.3 is 0 Å². The van der Waals surface area contributed by atoms with E-state index in [-0.39, 0.29) is 30.3 Å². The number of piperidine rings is 1. The Hall–Kier alpha value is -1.15. The molecular formula is C17H26ClN3O3S. The lowest BCUT2D eigenvalue weighted by Crippen LogP contribution is -2.60. The average Bonchev–Trinajstić information content (AvgIpc) is 3.02. The van der Waals surface area contributed by atoms with E-state index in [2.05, 4.69) is 5.32 Å². The molecule has 1 aromatic rings. The number of carbonyl (C=O) groups excluding carboxylic acids is 2.